The molecule has 1 atom stereocenters. The zero-order valence-electron chi connectivity index (χ0n) is 18.3. The molecule has 0 aliphatic heterocycles. The van der Waals surface area contributed by atoms with Gasteiger partial charge in [-0.3, -0.25) is 4.79 Å². The number of hydrogen-bond donors (Lipinski definition) is 3. The summed E-state index contributed by atoms with van der Waals surface area (Å²) >= 11 is 5.96. The third-order valence-electron chi connectivity index (χ3n) is 5.14. The molecule has 174 valence electrons. The number of carbonyl (C=O) groups is 1. The average Bonchev–Trinajstić information content (AvgIpc) is 3.09. The van der Waals surface area contributed by atoms with Crippen molar-refractivity contribution in [1.82, 2.24) is 15.0 Å². The van der Waals surface area contributed by atoms with E-state index in [0.717, 1.165) is 11.1 Å². The molecule has 0 bridgehead atoms. The van der Waals surface area contributed by atoms with Crippen molar-refractivity contribution in [2.75, 3.05) is 10.6 Å². The number of nitrogens with zero attached hydrogens (tertiary/aromatic N) is 3. The van der Waals surface area contributed by atoms with Gasteiger partial charge in [-0.25, -0.2) is 0 Å². The maximum absolute atomic E-state index is 11.3. The molecule has 1 aliphatic carbocycles. The van der Waals surface area contributed by atoms with Crippen molar-refractivity contribution in [3.8, 4) is 6.01 Å². The highest BCUT2D eigenvalue weighted by Gasteiger charge is 2.17. The van der Waals surface area contributed by atoms with Crippen molar-refractivity contribution in [3.05, 3.63) is 94.7 Å². The molecule has 0 spiro atoms. The van der Waals surface area contributed by atoms with E-state index in [1.165, 1.54) is 0 Å². The van der Waals surface area contributed by atoms with Crippen molar-refractivity contribution in [2.45, 2.75) is 26.0 Å². The first-order valence-electron chi connectivity index (χ1n) is 10.8. The van der Waals surface area contributed by atoms with Gasteiger partial charge in [0.1, 0.15) is 6.61 Å². The molecule has 34 heavy (non-hydrogen) atoms. The predicted molar refractivity (Wildman–Crippen MR) is 131 cm³/mol. The van der Waals surface area contributed by atoms with E-state index in [2.05, 4.69) is 25.6 Å². The fourth-order valence-corrected chi connectivity index (χ4v) is 3.40. The number of benzene rings is 2. The van der Waals surface area contributed by atoms with Gasteiger partial charge >= 0.3 is 12.0 Å². The summed E-state index contributed by atoms with van der Waals surface area (Å²) in [6.45, 7) is 0.797. The second kappa shape index (κ2) is 11.3. The number of ether oxygens (including phenoxy) is 1. The third kappa shape index (κ3) is 6.79. The van der Waals surface area contributed by atoms with Gasteiger partial charge in [0.05, 0.1) is 5.92 Å². The van der Waals surface area contributed by atoms with Crippen LogP contribution in [0.1, 0.15) is 24.0 Å². The van der Waals surface area contributed by atoms with Gasteiger partial charge in [0.2, 0.25) is 11.9 Å². The Morgan fingerprint density at radius 3 is 2.53 bits per heavy atom. The van der Waals surface area contributed by atoms with E-state index in [1.54, 1.807) is 0 Å². The van der Waals surface area contributed by atoms with Crippen LogP contribution in [-0.2, 0) is 17.9 Å². The molecule has 0 saturated carbocycles. The maximum Gasteiger partial charge on any atom is 0.323 e. The molecule has 1 aliphatic rings. The van der Waals surface area contributed by atoms with Crippen molar-refractivity contribution in [3.63, 3.8) is 0 Å². The molecule has 8 nitrogen and oxygen atoms in total. The highest BCUT2D eigenvalue weighted by atomic mass is 35.5. The Kier molecular flexibility index (Phi) is 7.72. The predicted octanol–water partition coefficient (Wildman–Crippen LogP) is 5.06. The van der Waals surface area contributed by atoms with Crippen molar-refractivity contribution in [2.24, 2.45) is 5.92 Å². The van der Waals surface area contributed by atoms with Crippen LogP contribution in [0.15, 0.2) is 78.5 Å². The molecule has 9 heteroatoms. The van der Waals surface area contributed by atoms with Crippen LogP contribution in [0.25, 0.3) is 0 Å². The number of aromatic nitrogens is 3. The van der Waals surface area contributed by atoms with Gasteiger partial charge in [-0.15, -0.1) is 0 Å². The second-order valence-corrected chi connectivity index (χ2v) is 8.15. The lowest BCUT2D eigenvalue weighted by atomic mass is 10.0. The number of carboxylic acids is 1. The minimum atomic E-state index is -0.812. The van der Waals surface area contributed by atoms with E-state index in [1.807, 2.05) is 72.8 Å². The van der Waals surface area contributed by atoms with Gasteiger partial charge in [-0.1, -0.05) is 66.2 Å². The lowest BCUT2D eigenvalue weighted by Gasteiger charge is -2.11. The molecule has 4 rings (SSSR count). The quantitative estimate of drug-likeness (QED) is 0.392. The molecule has 3 N–H and O–H groups in total. The Labute approximate surface area is 202 Å². The molecule has 0 saturated heterocycles. The number of carboxylic acid groups (broad SMARTS) is 1. The monoisotopic (exact) mass is 477 g/mol. The zero-order chi connectivity index (χ0) is 23.8. The maximum atomic E-state index is 11.3. The molecule has 0 fully saturated rings. The van der Waals surface area contributed by atoms with Crippen molar-refractivity contribution < 1.29 is 14.6 Å². The van der Waals surface area contributed by atoms with E-state index < -0.39 is 11.9 Å². The van der Waals surface area contributed by atoms with Crippen LogP contribution in [0.3, 0.4) is 0 Å². The molecule has 0 amide bonds. The molecule has 1 heterocycles. The van der Waals surface area contributed by atoms with Crippen molar-refractivity contribution in [1.29, 1.82) is 0 Å². The standard InChI is InChI=1S/C25H24ClN5O3/c26-20-12-9-17(10-13-20)15-27-23-29-24(28-21-8-4-7-19(11-14-21)22(32)33)31-25(30-23)34-16-18-5-2-1-3-6-18/h1-6,8-10,12-14,19H,7,11,15-16H2,(H,32,33)(H2,27,28,29,30,31)/t19-/m0/s1. The van der Waals surface area contributed by atoms with E-state index in [0.29, 0.717) is 48.6 Å². The Morgan fingerprint density at radius 2 is 1.76 bits per heavy atom. The first-order valence-corrected chi connectivity index (χ1v) is 11.2. The van der Waals surface area contributed by atoms with Crippen LogP contribution in [0.2, 0.25) is 5.02 Å². The van der Waals surface area contributed by atoms with Crippen LogP contribution >= 0.6 is 11.6 Å². The smallest absolute Gasteiger partial charge is 0.323 e. The number of rotatable bonds is 9. The van der Waals surface area contributed by atoms with Gasteiger partial charge in [-0.2, -0.15) is 15.0 Å². The summed E-state index contributed by atoms with van der Waals surface area (Å²) in [6, 6.07) is 17.4. The number of anilines is 2. The van der Waals surface area contributed by atoms with Crippen LogP contribution in [-0.4, -0.2) is 26.0 Å². The largest absolute Gasteiger partial charge is 0.481 e. The average molecular weight is 478 g/mol. The number of hydrogen-bond acceptors (Lipinski definition) is 7. The number of aliphatic carboxylic acids is 1. The molecule has 0 radical (unpaired) electrons. The topological polar surface area (TPSA) is 109 Å². The Balaban J connectivity index is 1.51. The van der Waals surface area contributed by atoms with Gasteiger partial charge < -0.3 is 20.5 Å². The van der Waals surface area contributed by atoms with Crippen LogP contribution in [0.4, 0.5) is 11.9 Å². The summed E-state index contributed by atoms with van der Waals surface area (Å²) < 4.78 is 5.83. The van der Waals surface area contributed by atoms with Crippen LogP contribution in [0.5, 0.6) is 6.01 Å². The highest BCUT2D eigenvalue weighted by molar-refractivity contribution is 6.30. The van der Waals surface area contributed by atoms with Gasteiger partial charge in [0.15, 0.2) is 0 Å². The van der Waals surface area contributed by atoms with Gasteiger partial charge in [0, 0.05) is 17.3 Å². The number of nitrogens with one attached hydrogen (secondary N) is 2. The first-order chi connectivity index (χ1) is 16.5. The fourth-order valence-electron chi connectivity index (χ4n) is 3.28. The molecule has 1 aromatic heterocycles. The van der Waals surface area contributed by atoms with Crippen molar-refractivity contribution >= 4 is 29.5 Å². The first kappa shape index (κ1) is 23.3. The van der Waals surface area contributed by atoms with E-state index in [4.69, 9.17) is 16.3 Å². The van der Waals surface area contributed by atoms with E-state index >= 15 is 0 Å². The molecule has 2 aromatic carbocycles. The summed E-state index contributed by atoms with van der Waals surface area (Å²) in [4.78, 5) is 24.5. The summed E-state index contributed by atoms with van der Waals surface area (Å²) in [6.07, 6.45) is 6.37. The zero-order valence-corrected chi connectivity index (χ0v) is 19.1. The van der Waals surface area contributed by atoms with Crippen LogP contribution < -0.4 is 15.4 Å². The molecule has 0 unspecified atom stereocenters. The third-order valence-corrected chi connectivity index (χ3v) is 5.39. The van der Waals surface area contributed by atoms with E-state index in [9.17, 15) is 9.90 Å². The highest BCUT2D eigenvalue weighted by Crippen LogP contribution is 2.20. The Morgan fingerprint density at radius 1 is 1.00 bits per heavy atom. The lowest BCUT2D eigenvalue weighted by molar-refractivity contribution is -0.141. The lowest BCUT2D eigenvalue weighted by Crippen LogP contribution is -2.12. The van der Waals surface area contributed by atoms with Gasteiger partial charge in [-0.05, 0) is 42.2 Å². The minimum absolute atomic E-state index is 0.168. The Bertz CT molecular complexity index is 1180. The normalized spacial score (nSPS) is 15.2. The SMILES string of the molecule is O=C(O)[C@H]1CC=CC(Nc2nc(NCc3ccc(Cl)cc3)nc(OCc3ccccc3)n2)=CC1. The van der Waals surface area contributed by atoms with Crippen LogP contribution in [0, 0.1) is 5.92 Å². The number of halogens is 1. The molecule has 3 aromatic rings. The van der Waals surface area contributed by atoms with Gasteiger partial charge in [0.25, 0.3) is 0 Å². The van der Waals surface area contributed by atoms with E-state index in [-0.39, 0.29) is 6.01 Å². The fraction of sp³-hybridized carbons (Fsp3) is 0.200. The number of allylic oxidation sites excluding steroid dienone is 3. The minimum Gasteiger partial charge on any atom is -0.481 e. The Hall–Kier alpha value is -3.91. The summed E-state index contributed by atoms with van der Waals surface area (Å²) in [5.74, 6) is -0.624. The summed E-state index contributed by atoms with van der Waals surface area (Å²) in [7, 11) is 0. The summed E-state index contributed by atoms with van der Waals surface area (Å²) in [5.41, 5.74) is 2.72. The molecular formula is C25H24ClN5O3. The molecular weight excluding hydrogens is 454 g/mol. The summed E-state index contributed by atoms with van der Waals surface area (Å²) in [5, 5.41) is 16.3. The second-order valence-electron chi connectivity index (χ2n) is 7.71.